The summed E-state index contributed by atoms with van der Waals surface area (Å²) in [7, 11) is -0.442. The van der Waals surface area contributed by atoms with E-state index in [2.05, 4.69) is 10.3 Å². The molecule has 0 fully saturated rings. The molecule has 3 N–H and O–H groups in total. The van der Waals surface area contributed by atoms with Crippen molar-refractivity contribution in [1.82, 2.24) is 9.29 Å². The van der Waals surface area contributed by atoms with Crippen LogP contribution in [0.2, 0.25) is 0 Å². The van der Waals surface area contributed by atoms with Gasteiger partial charge in [0.15, 0.2) is 0 Å². The molecular weight excluding hydrogens is 264 g/mol. The van der Waals surface area contributed by atoms with Crippen molar-refractivity contribution in [2.75, 3.05) is 26.0 Å². The Morgan fingerprint density at radius 2 is 2.00 bits per heavy atom. The fraction of sp³-hybridized carbons (Fsp3) is 0.583. The highest BCUT2D eigenvalue weighted by Gasteiger charge is 2.17. The van der Waals surface area contributed by atoms with Crippen LogP contribution in [0.15, 0.2) is 23.2 Å². The molecule has 1 atom stereocenters. The maximum atomic E-state index is 11.8. The van der Waals surface area contributed by atoms with Gasteiger partial charge in [-0.2, -0.15) is 0 Å². The van der Waals surface area contributed by atoms with Crippen molar-refractivity contribution in [2.24, 2.45) is 11.7 Å². The van der Waals surface area contributed by atoms with Crippen molar-refractivity contribution in [3.8, 4) is 0 Å². The van der Waals surface area contributed by atoms with E-state index in [4.69, 9.17) is 5.73 Å². The van der Waals surface area contributed by atoms with Crippen LogP contribution in [-0.4, -0.2) is 44.4 Å². The van der Waals surface area contributed by atoms with E-state index in [9.17, 15) is 8.42 Å². The summed E-state index contributed by atoms with van der Waals surface area (Å²) < 4.78 is 24.8. The third kappa shape index (κ3) is 4.15. The molecule has 1 heterocycles. The normalized spacial score (nSPS) is 13.8. The van der Waals surface area contributed by atoms with Crippen molar-refractivity contribution >= 4 is 15.8 Å². The maximum absolute atomic E-state index is 11.8. The van der Waals surface area contributed by atoms with Crippen LogP contribution < -0.4 is 11.1 Å². The molecule has 0 saturated heterocycles. The Hall–Kier alpha value is -1.18. The zero-order valence-corrected chi connectivity index (χ0v) is 12.6. The number of sulfonamides is 1. The third-order valence-electron chi connectivity index (χ3n) is 2.89. The summed E-state index contributed by atoms with van der Waals surface area (Å²) in [6.45, 7) is 4.70. The Labute approximate surface area is 115 Å². The molecule has 0 saturated carbocycles. The van der Waals surface area contributed by atoms with E-state index in [-0.39, 0.29) is 10.9 Å². The minimum absolute atomic E-state index is 0.0342. The molecule has 0 bridgehead atoms. The van der Waals surface area contributed by atoms with Gasteiger partial charge in [0.1, 0.15) is 10.7 Å². The van der Waals surface area contributed by atoms with E-state index < -0.39 is 10.0 Å². The number of anilines is 1. The summed E-state index contributed by atoms with van der Waals surface area (Å²) in [4.78, 5) is 4.26. The van der Waals surface area contributed by atoms with Gasteiger partial charge >= 0.3 is 0 Å². The topological polar surface area (TPSA) is 88.3 Å². The zero-order chi connectivity index (χ0) is 14.6. The highest BCUT2D eigenvalue weighted by Crippen LogP contribution is 2.14. The van der Waals surface area contributed by atoms with E-state index in [1.807, 2.05) is 13.8 Å². The van der Waals surface area contributed by atoms with E-state index in [0.717, 1.165) is 4.31 Å². The first-order valence-electron chi connectivity index (χ1n) is 6.13. The van der Waals surface area contributed by atoms with Gasteiger partial charge in [-0.25, -0.2) is 17.7 Å². The smallest absolute Gasteiger partial charge is 0.244 e. The van der Waals surface area contributed by atoms with Crippen LogP contribution in [0.5, 0.6) is 0 Å². The van der Waals surface area contributed by atoms with E-state index >= 15 is 0 Å². The van der Waals surface area contributed by atoms with Gasteiger partial charge in [-0.3, -0.25) is 0 Å². The fourth-order valence-corrected chi connectivity index (χ4v) is 2.15. The molecule has 0 aliphatic rings. The molecule has 0 radical (unpaired) electrons. The summed E-state index contributed by atoms with van der Waals surface area (Å²) in [5.41, 5.74) is 5.91. The lowest BCUT2D eigenvalue weighted by Crippen LogP contribution is -2.34. The quantitative estimate of drug-likeness (QED) is 0.804. The minimum Gasteiger partial charge on any atom is -0.369 e. The Kier molecular flexibility index (Phi) is 5.28. The van der Waals surface area contributed by atoms with Crippen molar-refractivity contribution in [1.29, 1.82) is 0 Å². The van der Waals surface area contributed by atoms with Gasteiger partial charge in [0, 0.05) is 32.9 Å². The Morgan fingerprint density at radius 3 is 2.42 bits per heavy atom. The Balaban J connectivity index is 2.73. The maximum Gasteiger partial charge on any atom is 0.244 e. The van der Waals surface area contributed by atoms with Crippen LogP contribution in [0.25, 0.3) is 0 Å². The molecular formula is C12H22N4O2S. The lowest BCUT2D eigenvalue weighted by Gasteiger charge is -2.16. The molecule has 1 aromatic rings. The van der Waals surface area contributed by atoms with Gasteiger partial charge in [0.05, 0.1) is 0 Å². The van der Waals surface area contributed by atoms with Crippen LogP contribution in [0.4, 0.5) is 5.82 Å². The largest absolute Gasteiger partial charge is 0.369 e. The molecule has 1 unspecified atom stereocenters. The molecule has 6 nitrogen and oxygen atoms in total. The second kappa shape index (κ2) is 6.31. The van der Waals surface area contributed by atoms with E-state index in [1.54, 1.807) is 6.07 Å². The number of rotatable bonds is 6. The van der Waals surface area contributed by atoms with Crippen LogP contribution in [0, 0.1) is 5.92 Å². The number of aromatic nitrogens is 1. The predicted molar refractivity (Wildman–Crippen MR) is 76.4 cm³/mol. The molecule has 1 aromatic heterocycles. The van der Waals surface area contributed by atoms with Crippen LogP contribution >= 0.6 is 0 Å². The molecule has 19 heavy (non-hydrogen) atoms. The lowest BCUT2D eigenvalue weighted by atomic mass is 10.1. The van der Waals surface area contributed by atoms with Crippen molar-refractivity contribution in [3.63, 3.8) is 0 Å². The van der Waals surface area contributed by atoms with Gasteiger partial charge in [0.25, 0.3) is 0 Å². The van der Waals surface area contributed by atoms with Gasteiger partial charge in [0.2, 0.25) is 10.0 Å². The average molecular weight is 286 g/mol. The molecule has 108 valence electrons. The molecule has 7 heteroatoms. The number of nitrogens with two attached hydrogens (primary N) is 1. The molecule has 0 aliphatic heterocycles. The van der Waals surface area contributed by atoms with Crippen molar-refractivity contribution < 1.29 is 8.42 Å². The third-order valence-corrected chi connectivity index (χ3v) is 4.69. The number of hydrogen-bond acceptors (Lipinski definition) is 5. The van der Waals surface area contributed by atoms with Crippen molar-refractivity contribution in [2.45, 2.75) is 24.8 Å². The Morgan fingerprint density at radius 1 is 1.37 bits per heavy atom. The monoisotopic (exact) mass is 286 g/mol. The summed E-state index contributed by atoms with van der Waals surface area (Å²) in [5.74, 6) is 0.995. The molecule has 0 aromatic carbocycles. The number of pyridine rings is 1. The number of hydrogen-bond donors (Lipinski definition) is 2. The van der Waals surface area contributed by atoms with E-state index in [0.29, 0.717) is 18.3 Å². The minimum atomic E-state index is -3.42. The second-order valence-electron chi connectivity index (χ2n) is 4.96. The highest BCUT2D eigenvalue weighted by atomic mass is 32.2. The first kappa shape index (κ1) is 15.9. The SMILES string of the molecule is CC(C)C(N)CNc1ccc(S(=O)(=O)N(C)C)cn1. The fourth-order valence-electron chi connectivity index (χ4n) is 1.31. The van der Waals surface area contributed by atoms with Gasteiger partial charge < -0.3 is 11.1 Å². The van der Waals surface area contributed by atoms with E-state index in [1.165, 1.54) is 26.4 Å². The van der Waals surface area contributed by atoms with Crippen LogP contribution in [0.3, 0.4) is 0 Å². The number of nitrogens with zero attached hydrogens (tertiary/aromatic N) is 2. The second-order valence-corrected chi connectivity index (χ2v) is 7.11. The van der Waals surface area contributed by atoms with Crippen molar-refractivity contribution in [3.05, 3.63) is 18.3 Å². The van der Waals surface area contributed by atoms with Gasteiger partial charge in [-0.15, -0.1) is 0 Å². The highest BCUT2D eigenvalue weighted by molar-refractivity contribution is 7.89. The first-order chi connectivity index (χ1) is 8.75. The predicted octanol–water partition coefficient (Wildman–Crippen LogP) is 0.727. The van der Waals surface area contributed by atoms with Crippen LogP contribution in [-0.2, 0) is 10.0 Å². The van der Waals surface area contributed by atoms with Gasteiger partial charge in [-0.1, -0.05) is 13.8 Å². The summed E-state index contributed by atoms with van der Waals surface area (Å²) in [5, 5.41) is 3.09. The number of nitrogens with one attached hydrogen (secondary N) is 1. The summed E-state index contributed by atoms with van der Waals surface area (Å²) >= 11 is 0. The summed E-state index contributed by atoms with van der Waals surface area (Å²) in [6, 6.07) is 3.21. The van der Waals surface area contributed by atoms with Gasteiger partial charge in [-0.05, 0) is 18.1 Å². The Bertz CT molecular complexity index is 497. The molecule has 0 spiro atoms. The van der Waals surface area contributed by atoms with Crippen LogP contribution in [0.1, 0.15) is 13.8 Å². The molecule has 0 amide bonds. The molecule has 1 rings (SSSR count). The lowest BCUT2D eigenvalue weighted by molar-refractivity contribution is 0.511. The average Bonchev–Trinajstić information content (AvgIpc) is 2.36. The standard InChI is InChI=1S/C12H22N4O2S/c1-9(2)11(13)8-15-12-6-5-10(7-14-12)19(17,18)16(3)4/h5-7,9,11H,8,13H2,1-4H3,(H,14,15). The first-order valence-corrected chi connectivity index (χ1v) is 7.57. The summed E-state index contributed by atoms with van der Waals surface area (Å²) in [6.07, 6.45) is 1.35. The molecule has 0 aliphatic carbocycles. The zero-order valence-electron chi connectivity index (χ0n) is 11.8.